The Morgan fingerprint density at radius 2 is 2.17 bits per heavy atom. The Kier molecular flexibility index (Phi) is 6.39. The summed E-state index contributed by atoms with van der Waals surface area (Å²) in [6.45, 7) is 6.38. The second-order valence-electron chi connectivity index (χ2n) is 4.49. The van der Waals surface area contributed by atoms with Gasteiger partial charge in [-0.15, -0.1) is 0 Å². The van der Waals surface area contributed by atoms with Gasteiger partial charge in [0.05, 0.1) is 5.69 Å². The molecular formula is C13H21BrN2O2. The van der Waals surface area contributed by atoms with Gasteiger partial charge in [-0.2, -0.15) is 0 Å². The fourth-order valence-corrected chi connectivity index (χ4v) is 2.62. The Morgan fingerprint density at radius 3 is 2.67 bits per heavy atom. The van der Waals surface area contributed by atoms with E-state index < -0.39 is 0 Å². The van der Waals surface area contributed by atoms with Gasteiger partial charge in [0.15, 0.2) is 5.89 Å². The highest BCUT2D eigenvalue weighted by Gasteiger charge is 2.17. The molecule has 1 atom stereocenters. The minimum Gasteiger partial charge on any atom is -0.436 e. The van der Waals surface area contributed by atoms with E-state index in [1.165, 1.54) is 0 Å². The second kappa shape index (κ2) is 7.56. The molecule has 0 aliphatic heterocycles. The Hall–Kier alpha value is -0.840. The third-order valence-corrected chi connectivity index (χ3v) is 3.33. The summed E-state index contributed by atoms with van der Waals surface area (Å²) in [5, 5.41) is 3.90. The maximum absolute atomic E-state index is 11.9. The van der Waals surface area contributed by atoms with Crippen molar-refractivity contribution in [1.29, 1.82) is 0 Å². The molecule has 0 aromatic carbocycles. The summed E-state index contributed by atoms with van der Waals surface area (Å²) in [6, 6.07) is 0. The largest absolute Gasteiger partial charge is 0.436 e. The zero-order valence-electron chi connectivity index (χ0n) is 11.3. The van der Waals surface area contributed by atoms with E-state index in [9.17, 15) is 4.79 Å². The van der Waals surface area contributed by atoms with Gasteiger partial charge in [0.2, 0.25) is 5.76 Å². The molecule has 1 unspecified atom stereocenters. The fraction of sp³-hybridized carbons (Fsp3) is 0.692. The molecule has 1 aromatic heterocycles. The summed E-state index contributed by atoms with van der Waals surface area (Å²) in [7, 11) is 0. The van der Waals surface area contributed by atoms with Crippen molar-refractivity contribution in [3.63, 3.8) is 0 Å². The summed E-state index contributed by atoms with van der Waals surface area (Å²) >= 11 is 3.45. The topological polar surface area (TPSA) is 55.1 Å². The van der Waals surface area contributed by atoms with Crippen LogP contribution >= 0.6 is 15.9 Å². The van der Waals surface area contributed by atoms with Crippen molar-refractivity contribution < 1.29 is 9.21 Å². The highest BCUT2D eigenvalue weighted by molar-refractivity contribution is 9.09. The quantitative estimate of drug-likeness (QED) is 0.786. The smallest absolute Gasteiger partial charge is 0.289 e. The molecule has 0 aliphatic carbocycles. The van der Waals surface area contributed by atoms with Crippen LogP contribution in [-0.4, -0.2) is 22.8 Å². The van der Waals surface area contributed by atoms with Crippen LogP contribution in [0.1, 0.15) is 48.3 Å². The van der Waals surface area contributed by atoms with Gasteiger partial charge in [-0.1, -0.05) is 29.3 Å². The number of hydrogen-bond acceptors (Lipinski definition) is 3. The normalized spacial score (nSPS) is 12.4. The number of carbonyl (C=O) groups is 1. The number of nitrogens with one attached hydrogen (secondary N) is 1. The van der Waals surface area contributed by atoms with Crippen molar-refractivity contribution >= 4 is 21.8 Å². The first-order valence-electron chi connectivity index (χ1n) is 6.36. The lowest BCUT2D eigenvalue weighted by Crippen LogP contribution is -2.29. The lowest BCUT2D eigenvalue weighted by Gasteiger charge is -2.15. The molecule has 1 heterocycles. The van der Waals surface area contributed by atoms with E-state index in [4.69, 9.17) is 4.42 Å². The monoisotopic (exact) mass is 316 g/mol. The van der Waals surface area contributed by atoms with Gasteiger partial charge in [0.25, 0.3) is 5.91 Å². The van der Waals surface area contributed by atoms with E-state index in [0.717, 1.165) is 24.6 Å². The first kappa shape index (κ1) is 15.2. The number of halogens is 1. The number of rotatable bonds is 7. The molecule has 0 saturated carbocycles. The third-order valence-electron chi connectivity index (χ3n) is 2.88. The summed E-state index contributed by atoms with van der Waals surface area (Å²) < 4.78 is 5.30. The highest BCUT2D eigenvalue weighted by atomic mass is 79.9. The van der Waals surface area contributed by atoms with Crippen LogP contribution in [0.4, 0.5) is 0 Å². The lowest BCUT2D eigenvalue weighted by atomic mass is 10.0. The van der Waals surface area contributed by atoms with Gasteiger partial charge >= 0.3 is 0 Å². The summed E-state index contributed by atoms with van der Waals surface area (Å²) in [5.41, 5.74) is 0.650. The molecular weight excluding hydrogens is 296 g/mol. The van der Waals surface area contributed by atoms with E-state index in [2.05, 4.69) is 33.2 Å². The maximum atomic E-state index is 11.9. The van der Waals surface area contributed by atoms with Crippen LogP contribution in [-0.2, 0) is 0 Å². The molecule has 5 heteroatoms. The van der Waals surface area contributed by atoms with E-state index in [1.807, 2.05) is 0 Å². The third kappa shape index (κ3) is 4.44. The highest BCUT2D eigenvalue weighted by Crippen LogP contribution is 2.13. The van der Waals surface area contributed by atoms with Gasteiger partial charge in [-0.3, -0.25) is 4.79 Å². The molecule has 1 rings (SSSR count). The average Bonchev–Trinajstić information content (AvgIpc) is 2.65. The van der Waals surface area contributed by atoms with Crippen LogP contribution < -0.4 is 5.32 Å². The predicted molar refractivity (Wildman–Crippen MR) is 75.1 cm³/mol. The molecule has 4 nitrogen and oxygen atoms in total. The van der Waals surface area contributed by atoms with Gasteiger partial charge in [-0.25, -0.2) is 4.98 Å². The zero-order chi connectivity index (χ0) is 13.5. The summed E-state index contributed by atoms with van der Waals surface area (Å²) in [5.74, 6) is 1.22. The Labute approximate surface area is 117 Å². The van der Waals surface area contributed by atoms with Crippen molar-refractivity contribution in [1.82, 2.24) is 10.3 Å². The fourth-order valence-electron chi connectivity index (χ4n) is 1.97. The Morgan fingerprint density at radius 1 is 1.44 bits per heavy atom. The maximum Gasteiger partial charge on any atom is 0.289 e. The number of amides is 1. The minimum atomic E-state index is -0.163. The van der Waals surface area contributed by atoms with E-state index in [1.54, 1.807) is 13.8 Å². The minimum absolute atomic E-state index is 0.163. The predicted octanol–water partition coefficient (Wildman–Crippen LogP) is 3.22. The van der Waals surface area contributed by atoms with E-state index in [-0.39, 0.29) is 5.91 Å². The number of aromatic nitrogens is 1. The van der Waals surface area contributed by atoms with Crippen LogP contribution in [0, 0.1) is 19.8 Å². The lowest BCUT2D eigenvalue weighted by molar-refractivity contribution is 0.0916. The molecule has 0 aliphatic rings. The van der Waals surface area contributed by atoms with Crippen LogP contribution in [0.5, 0.6) is 0 Å². The van der Waals surface area contributed by atoms with Crippen molar-refractivity contribution in [2.45, 2.75) is 40.0 Å². The van der Waals surface area contributed by atoms with Crippen molar-refractivity contribution in [3.8, 4) is 0 Å². The van der Waals surface area contributed by atoms with E-state index in [0.29, 0.717) is 29.8 Å². The van der Waals surface area contributed by atoms with Crippen molar-refractivity contribution in [3.05, 3.63) is 17.3 Å². The molecule has 0 spiro atoms. The van der Waals surface area contributed by atoms with Crippen LogP contribution in [0.2, 0.25) is 0 Å². The van der Waals surface area contributed by atoms with Crippen LogP contribution in [0.15, 0.2) is 4.42 Å². The van der Waals surface area contributed by atoms with Gasteiger partial charge in [0.1, 0.15) is 0 Å². The van der Waals surface area contributed by atoms with Crippen molar-refractivity contribution in [2.75, 3.05) is 11.9 Å². The Balaban J connectivity index is 2.51. The first-order chi connectivity index (χ1) is 8.58. The van der Waals surface area contributed by atoms with Crippen molar-refractivity contribution in [2.24, 2.45) is 5.92 Å². The molecule has 0 fully saturated rings. The van der Waals surface area contributed by atoms with Crippen LogP contribution in [0.25, 0.3) is 0 Å². The number of aryl methyl sites for hydroxylation is 2. The molecule has 0 radical (unpaired) electrons. The van der Waals surface area contributed by atoms with Gasteiger partial charge in [0, 0.05) is 18.8 Å². The van der Waals surface area contributed by atoms with Gasteiger partial charge in [-0.05, 0) is 25.7 Å². The van der Waals surface area contributed by atoms with E-state index >= 15 is 0 Å². The summed E-state index contributed by atoms with van der Waals surface area (Å²) in [6.07, 6.45) is 3.33. The SMILES string of the molecule is CCCC(CCBr)CNC(=O)c1oc(C)nc1C. The van der Waals surface area contributed by atoms with Crippen LogP contribution in [0.3, 0.4) is 0 Å². The second-order valence-corrected chi connectivity index (χ2v) is 5.28. The molecule has 1 aromatic rings. The molecule has 1 N–H and O–H groups in total. The standard InChI is InChI=1S/C13H21BrN2O2/c1-4-5-11(6-7-14)8-15-13(17)12-9(2)16-10(3)18-12/h11H,4-8H2,1-3H3,(H,15,17). The molecule has 18 heavy (non-hydrogen) atoms. The molecule has 102 valence electrons. The zero-order valence-corrected chi connectivity index (χ0v) is 12.8. The molecule has 0 saturated heterocycles. The number of alkyl halides is 1. The molecule has 0 bridgehead atoms. The number of nitrogens with zero attached hydrogens (tertiary/aromatic N) is 1. The average molecular weight is 317 g/mol. The molecule has 1 amide bonds. The first-order valence-corrected chi connectivity index (χ1v) is 7.48. The number of carbonyl (C=O) groups excluding carboxylic acids is 1. The number of oxazole rings is 1. The number of hydrogen-bond donors (Lipinski definition) is 1. The van der Waals surface area contributed by atoms with Gasteiger partial charge < -0.3 is 9.73 Å². The Bertz CT molecular complexity index is 384. The summed E-state index contributed by atoms with van der Waals surface area (Å²) in [4.78, 5) is 16.0.